The Morgan fingerprint density at radius 1 is 1.25 bits per heavy atom. The highest BCUT2D eigenvalue weighted by atomic mass is 127. The zero-order valence-corrected chi connectivity index (χ0v) is 18.3. The highest BCUT2D eigenvalue weighted by molar-refractivity contribution is 14.0. The zero-order valence-electron chi connectivity index (χ0n) is 16.0. The summed E-state index contributed by atoms with van der Waals surface area (Å²) in [5.41, 5.74) is 3.07. The average Bonchev–Trinajstić information content (AvgIpc) is 3.07. The van der Waals surface area contributed by atoms with Gasteiger partial charge in [-0.1, -0.05) is 0 Å². The van der Waals surface area contributed by atoms with E-state index in [-0.39, 0.29) is 29.8 Å². The minimum Gasteiger partial charge on any atom is -0.478 e. The zero-order chi connectivity index (χ0) is 19.1. The van der Waals surface area contributed by atoms with Crippen molar-refractivity contribution in [3.05, 3.63) is 59.7 Å². The lowest BCUT2D eigenvalue weighted by Gasteiger charge is -2.12. The van der Waals surface area contributed by atoms with E-state index in [0.29, 0.717) is 31.5 Å². The molecular weight excluding hydrogens is 472 g/mol. The maximum Gasteiger partial charge on any atom is 0.213 e. The number of benzene rings is 1. The number of hydrogen-bond acceptors (Lipinski definition) is 3. The summed E-state index contributed by atoms with van der Waals surface area (Å²) in [6.45, 7) is 3.82. The van der Waals surface area contributed by atoms with E-state index in [1.165, 1.54) is 6.07 Å². The molecule has 0 aliphatic rings. The van der Waals surface area contributed by atoms with Gasteiger partial charge >= 0.3 is 0 Å². The first-order valence-corrected chi connectivity index (χ1v) is 8.97. The van der Waals surface area contributed by atoms with Crippen LogP contribution in [0.15, 0.2) is 47.7 Å². The summed E-state index contributed by atoms with van der Waals surface area (Å²) in [4.78, 5) is 11.6. The molecule has 0 atom stereocenters. The van der Waals surface area contributed by atoms with Gasteiger partial charge in [-0.25, -0.2) is 9.37 Å². The third kappa shape index (κ3) is 5.82. The molecule has 0 spiro atoms. The molecule has 0 aliphatic carbocycles. The van der Waals surface area contributed by atoms with Crippen molar-refractivity contribution in [3.63, 3.8) is 0 Å². The Hall–Kier alpha value is -2.36. The largest absolute Gasteiger partial charge is 0.478 e. The smallest absolute Gasteiger partial charge is 0.213 e. The molecule has 3 rings (SSSR count). The Morgan fingerprint density at radius 2 is 2.11 bits per heavy atom. The Morgan fingerprint density at radius 3 is 2.89 bits per heavy atom. The highest BCUT2D eigenvalue weighted by Crippen LogP contribution is 2.19. The molecule has 0 radical (unpaired) electrons. The predicted octanol–water partition coefficient (Wildman–Crippen LogP) is 3.63. The van der Waals surface area contributed by atoms with Crippen molar-refractivity contribution in [2.75, 3.05) is 20.2 Å². The van der Waals surface area contributed by atoms with Crippen molar-refractivity contribution in [3.8, 4) is 5.88 Å². The summed E-state index contributed by atoms with van der Waals surface area (Å²) in [6.07, 6.45) is 4.41. The minimum absolute atomic E-state index is 0. The highest BCUT2D eigenvalue weighted by Gasteiger charge is 2.06. The molecule has 0 saturated heterocycles. The van der Waals surface area contributed by atoms with Crippen LogP contribution in [-0.2, 0) is 13.0 Å². The van der Waals surface area contributed by atoms with Gasteiger partial charge in [0.1, 0.15) is 5.82 Å². The van der Waals surface area contributed by atoms with E-state index in [0.717, 1.165) is 28.5 Å². The van der Waals surface area contributed by atoms with E-state index in [9.17, 15) is 4.39 Å². The molecule has 0 unspecified atom stereocenters. The summed E-state index contributed by atoms with van der Waals surface area (Å²) in [5, 5.41) is 7.47. The summed E-state index contributed by atoms with van der Waals surface area (Å²) in [6, 6.07) is 8.62. The Labute approximate surface area is 181 Å². The number of fused-ring (bicyclic) bond motifs is 1. The van der Waals surface area contributed by atoms with Crippen molar-refractivity contribution >= 4 is 40.8 Å². The van der Waals surface area contributed by atoms with Crippen LogP contribution < -0.4 is 15.4 Å². The van der Waals surface area contributed by atoms with Crippen LogP contribution in [0, 0.1) is 5.82 Å². The topological polar surface area (TPSA) is 74.3 Å². The van der Waals surface area contributed by atoms with E-state index >= 15 is 0 Å². The fourth-order valence-electron chi connectivity index (χ4n) is 2.87. The third-order valence-electron chi connectivity index (χ3n) is 4.19. The van der Waals surface area contributed by atoms with Gasteiger partial charge in [-0.05, 0) is 48.7 Å². The second-order valence-corrected chi connectivity index (χ2v) is 6.04. The van der Waals surface area contributed by atoms with Crippen LogP contribution in [0.5, 0.6) is 5.88 Å². The SMILES string of the molecule is CCOc1cc(CNC(=NC)NCCc2c[nH]c3ccc(F)cc23)ccn1.I. The molecular formula is C20H25FIN5O. The van der Waals surface area contributed by atoms with Crippen LogP contribution in [-0.4, -0.2) is 36.1 Å². The van der Waals surface area contributed by atoms with E-state index in [4.69, 9.17) is 4.74 Å². The fourth-order valence-corrected chi connectivity index (χ4v) is 2.87. The summed E-state index contributed by atoms with van der Waals surface area (Å²) in [7, 11) is 1.73. The van der Waals surface area contributed by atoms with Crippen molar-refractivity contribution in [1.29, 1.82) is 0 Å². The van der Waals surface area contributed by atoms with Gasteiger partial charge < -0.3 is 20.4 Å². The number of pyridine rings is 1. The molecule has 150 valence electrons. The van der Waals surface area contributed by atoms with E-state index in [1.807, 2.05) is 25.3 Å². The Bertz CT molecular complexity index is 928. The third-order valence-corrected chi connectivity index (χ3v) is 4.19. The lowest BCUT2D eigenvalue weighted by Crippen LogP contribution is -2.37. The number of nitrogens with zero attached hydrogens (tertiary/aromatic N) is 2. The molecule has 3 N–H and O–H groups in total. The second-order valence-electron chi connectivity index (χ2n) is 6.04. The Balaban J connectivity index is 0.00000280. The number of H-pyrrole nitrogens is 1. The summed E-state index contributed by atoms with van der Waals surface area (Å²) < 4.78 is 18.9. The van der Waals surface area contributed by atoms with Gasteiger partial charge in [-0.2, -0.15) is 0 Å². The molecule has 2 aromatic heterocycles. The molecule has 0 bridgehead atoms. The van der Waals surface area contributed by atoms with Crippen molar-refractivity contribution in [2.45, 2.75) is 19.9 Å². The molecule has 0 fully saturated rings. The molecule has 0 aliphatic heterocycles. The number of halogens is 2. The second kappa shape index (κ2) is 10.8. The van der Waals surface area contributed by atoms with Crippen LogP contribution in [0.3, 0.4) is 0 Å². The van der Waals surface area contributed by atoms with Crippen LogP contribution in [0.2, 0.25) is 0 Å². The standard InChI is InChI=1S/C20H24FN5O.HI/c1-3-27-19-10-14(6-8-23-19)12-26-20(22-2)24-9-7-15-13-25-18-5-4-16(21)11-17(15)18;/h4-6,8,10-11,13,25H,3,7,9,12H2,1-2H3,(H2,22,24,26);1H. The molecule has 8 heteroatoms. The molecule has 6 nitrogen and oxygen atoms in total. The van der Waals surface area contributed by atoms with Crippen LogP contribution in [0.4, 0.5) is 4.39 Å². The minimum atomic E-state index is -0.224. The van der Waals surface area contributed by atoms with Gasteiger partial charge in [0.2, 0.25) is 5.88 Å². The number of nitrogens with one attached hydrogen (secondary N) is 3. The first-order chi connectivity index (χ1) is 13.2. The van der Waals surface area contributed by atoms with Crippen LogP contribution in [0.25, 0.3) is 10.9 Å². The van der Waals surface area contributed by atoms with E-state index < -0.39 is 0 Å². The number of hydrogen-bond donors (Lipinski definition) is 3. The maximum atomic E-state index is 13.5. The van der Waals surface area contributed by atoms with E-state index in [1.54, 1.807) is 25.4 Å². The molecule has 3 aromatic rings. The van der Waals surface area contributed by atoms with Crippen molar-refractivity contribution in [2.24, 2.45) is 4.99 Å². The van der Waals surface area contributed by atoms with Crippen LogP contribution in [0.1, 0.15) is 18.1 Å². The predicted molar refractivity (Wildman–Crippen MR) is 121 cm³/mol. The fraction of sp³-hybridized carbons (Fsp3) is 0.300. The molecule has 0 saturated carbocycles. The summed E-state index contributed by atoms with van der Waals surface area (Å²) >= 11 is 0. The van der Waals surface area contributed by atoms with Gasteiger partial charge in [-0.15, -0.1) is 24.0 Å². The number of guanidine groups is 1. The van der Waals surface area contributed by atoms with Crippen molar-refractivity contribution < 1.29 is 9.13 Å². The maximum absolute atomic E-state index is 13.5. The molecule has 28 heavy (non-hydrogen) atoms. The van der Waals surface area contributed by atoms with Gasteiger partial charge in [-0.3, -0.25) is 4.99 Å². The lowest BCUT2D eigenvalue weighted by atomic mass is 10.1. The first kappa shape index (κ1) is 21.9. The van der Waals surface area contributed by atoms with Gasteiger partial charge in [0.05, 0.1) is 6.61 Å². The van der Waals surface area contributed by atoms with E-state index in [2.05, 4.69) is 25.6 Å². The normalized spacial score (nSPS) is 11.2. The number of aliphatic imine (C=N–C) groups is 1. The molecule has 0 amide bonds. The number of rotatable bonds is 7. The quantitative estimate of drug-likeness (QED) is 0.265. The number of ether oxygens (including phenoxy) is 1. The lowest BCUT2D eigenvalue weighted by molar-refractivity contribution is 0.326. The number of aromatic amines is 1. The average molecular weight is 497 g/mol. The van der Waals surface area contributed by atoms with Gasteiger partial charge in [0, 0.05) is 49.5 Å². The van der Waals surface area contributed by atoms with Crippen molar-refractivity contribution in [1.82, 2.24) is 20.6 Å². The van der Waals surface area contributed by atoms with Gasteiger partial charge in [0.25, 0.3) is 0 Å². The molecule has 1 aromatic carbocycles. The monoisotopic (exact) mass is 497 g/mol. The van der Waals surface area contributed by atoms with Gasteiger partial charge in [0.15, 0.2) is 5.96 Å². The Kier molecular flexibility index (Phi) is 8.49. The first-order valence-electron chi connectivity index (χ1n) is 8.97. The number of aromatic nitrogens is 2. The molecule has 2 heterocycles. The van der Waals surface area contributed by atoms with Crippen LogP contribution >= 0.6 is 24.0 Å². The summed E-state index contributed by atoms with van der Waals surface area (Å²) in [5.74, 6) is 1.10.